The summed E-state index contributed by atoms with van der Waals surface area (Å²) in [5.41, 5.74) is 3.23. The molecule has 1 unspecified atom stereocenters. The fraction of sp³-hybridized carbons (Fsp3) is 0.500. The molecule has 0 bridgehead atoms. The number of amides is 2. The first-order chi connectivity index (χ1) is 9.90. The highest BCUT2D eigenvalue weighted by atomic mass is 16.5. The molecule has 3 N–H and O–H groups in total. The summed E-state index contributed by atoms with van der Waals surface area (Å²) in [6, 6.07) is 7.19. The van der Waals surface area contributed by atoms with Crippen molar-refractivity contribution in [2.45, 2.75) is 45.1 Å². The van der Waals surface area contributed by atoms with Crippen LogP contribution in [0.5, 0.6) is 0 Å². The summed E-state index contributed by atoms with van der Waals surface area (Å²) in [6.45, 7) is 5.65. The van der Waals surface area contributed by atoms with Crippen molar-refractivity contribution in [1.29, 1.82) is 0 Å². The topological polar surface area (TPSA) is 78.4 Å². The van der Waals surface area contributed by atoms with E-state index in [0.29, 0.717) is 0 Å². The first-order valence-electron chi connectivity index (χ1n) is 7.23. The van der Waals surface area contributed by atoms with Crippen molar-refractivity contribution in [3.8, 4) is 0 Å². The number of rotatable bonds is 5. The van der Waals surface area contributed by atoms with Gasteiger partial charge in [-0.3, -0.25) is 14.8 Å². The Hall–Kier alpha value is -1.88. The molecule has 0 spiro atoms. The van der Waals surface area contributed by atoms with Gasteiger partial charge in [0.15, 0.2) is 0 Å². The molecule has 0 saturated heterocycles. The minimum atomic E-state index is -0.731. The zero-order chi connectivity index (χ0) is 15.6. The van der Waals surface area contributed by atoms with Crippen LogP contribution in [0.2, 0.25) is 0 Å². The van der Waals surface area contributed by atoms with Crippen LogP contribution in [-0.4, -0.2) is 23.1 Å². The van der Waals surface area contributed by atoms with E-state index in [9.17, 15) is 9.59 Å². The predicted molar refractivity (Wildman–Crippen MR) is 78.8 cm³/mol. The monoisotopic (exact) mass is 290 g/mol. The van der Waals surface area contributed by atoms with Crippen LogP contribution >= 0.6 is 0 Å². The normalized spacial score (nSPS) is 17.2. The minimum Gasteiger partial charge on any atom is -0.343 e. The van der Waals surface area contributed by atoms with Gasteiger partial charge in [0.1, 0.15) is 6.04 Å². The van der Waals surface area contributed by atoms with Gasteiger partial charge in [0, 0.05) is 0 Å². The van der Waals surface area contributed by atoms with Crippen molar-refractivity contribution in [2.75, 3.05) is 0 Å². The standard InChI is InChI=1S/C16H22N2O3/c1-10(2)13(14(19)18-21)17-15(20)16(8-9-16)12-6-4-11(3)5-7-12/h4-7,10,13,21H,8-9H2,1-3H3,(H,17,20)(H,18,19). The molecule has 1 fully saturated rings. The number of benzene rings is 1. The third-order valence-corrected chi connectivity index (χ3v) is 4.13. The van der Waals surface area contributed by atoms with E-state index < -0.39 is 17.4 Å². The van der Waals surface area contributed by atoms with E-state index in [1.165, 1.54) is 0 Å². The van der Waals surface area contributed by atoms with Crippen LogP contribution in [0.3, 0.4) is 0 Å². The maximum absolute atomic E-state index is 12.6. The highest BCUT2D eigenvalue weighted by molar-refractivity contribution is 5.95. The van der Waals surface area contributed by atoms with E-state index in [4.69, 9.17) is 5.21 Å². The van der Waals surface area contributed by atoms with Gasteiger partial charge in [-0.15, -0.1) is 0 Å². The Kier molecular flexibility index (Phi) is 4.32. The van der Waals surface area contributed by atoms with Gasteiger partial charge in [-0.2, -0.15) is 0 Å². The van der Waals surface area contributed by atoms with E-state index in [2.05, 4.69) is 5.32 Å². The Balaban J connectivity index is 2.15. The second-order valence-corrected chi connectivity index (χ2v) is 6.12. The Labute approximate surface area is 124 Å². The van der Waals surface area contributed by atoms with Crippen LogP contribution in [-0.2, 0) is 15.0 Å². The molecule has 1 aliphatic carbocycles. The summed E-state index contributed by atoms with van der Waals surface area (Å²) < 4.78 is 0. The van der Waals surface area contributed by atoms with Gasteiger partial charge in [0.25, 0.3) is 5.91 Å². The summed E-state index contributed by atoms with van der Waals surface area (Å²) in [6.07, 6.45) is 1.57. The molecule has 0 heterocycles. The van der Waals surface area contributed by atoms with Crippen molar-refractivity contribution in [3.05, 3.63) is 35.4 Å². The Morgan fingerprint density at radius 3 is 2.19 bits per heavy atom. The molecular weight excluding hydrogens is 268 g/mol. The molecule has 2 rings (SSSR count). The molecule has 0 radical (unpaired) electrons. The molecule has 1 saturated carbocycles. The third kappa shape index (κ3) is 3.08. The minimum absolute atomic E-state index is 0.102. The largest absolute Gasteiger partial charge is 0.343 e. The van der Waals surface area contributed by atoms with Gasteiger partial charge in [-0.25, -0.2) is 5.48 Å². The molecule has 21 heavy (non-hydrogen) atoms. The maximum atomic E-state index is 12.6. The molecule has 5 nitrogen and oxygen atoms in total. The number of aryl methyl sites for hydroxylation is 1. The fourth-order valence-corrected chi connectivity index (χ4v) is 2.53. The van der Waals surface area contributed by atoms with Crippen molar-refractivity contribution in [2.24, 2.45) is 5.92 Å². The number of carbonyl (C=O) groups is 2. The number of hydrogen-bond donors (Lipinski definition) is 3. The van der Waals surface area contributed by atoms with E-state index in [1.807, 2.05) is 45.0 Å². The highest BCUT2D eigenvalue weighted by Gasteiger charge is 2.52. The van der Waals surface area contributed by atoms with Gasteiger partial charge >= 0.3 is 0 Å². The summed E-state index contributed by atoms with van der Waals surface area (Å²) in [4.78, 5) is 24.2. The molecule has 1 aromatic rings. The summed E-state index contributed by atoms with van der Waals surface area (Å²) in [7, 11) is 0. The highest BCUT2D eigenvalue weighted by Crippen LogP contribution is 2.48. The molecule has 1 aromatic carbocycles. The average Bonchev–Trinajstić information content (AvgIpc) is 3.25. The van der Waals surface area contributed by atoms with Crippen LogP contribution < -0.4 is 10.8 Å². The van der Waals surface area contributed by atoms with Crippen molar-refractivity contribution >= 4 is 11.8 Å². The van der Waals surface area contributed by atoms with E-state index in [0.717, 1.165) is 24.0 Å². The smallest absolute Gasteiger partial charge is 0.266 e. The lowest BCUT2D eigenvalue weighted by atomic mass is 9.93. The molecule has 1 aliphatic rings. The molecule has 0 aromatic heterocycles. The molecule has 5 heteroatoms. The molecular formula is C16H22N2O3. The second-order valence-electron chi connectivity index (χ2n) is 6.12. The van der Waals surface area contributed by atoms with Gasteiger partial charge in [0.05, 0.1) is 5.41 Å². The lowest BCUT2D eigenvalue weighted by molar-refractivity contribution is -0.136. The van der Waals surface area contributed by atoms with E-state index in [1.54, 1.807) is 5.48 Å². The fourth-order valence-electron chi connectivity index (χ4n) is 2.53. The zero-order valence-corrected chi connectivity index (χ0v) is 12.6. The zero-order valence-electron chi connectivity index (χ0n) is 12.6. The molecule has 0 aliphatic heterocycles. The first-order valence-corrected chi connectivity index (χ1v) is 7.23. The predicted octanol–water partition coefficient (Wildman–Crippen LogP) is 1.67. The van der Waals surface area contributed by atoms with Gasteiger partial charge in [-0.1, -0.05) is 43.7 Å². The first kappa shape index (κ1) is 15.5. The Morgan fingerprint density at radius 2 is 1.76 bits per heavy atom. The van der Waals surface area contributed by atoms with Crippen LogP contribution in [0.25, 0.3) is 0 Å². The Morgan fingerprint density at radius 1 is 1.19 bits per heavy atom. The van der Waals surface area contributed by atoms with Crippen LogP contribution in [0.15, 0.2) is 24.3 Å². The summed E-state index contributed by atoms with van der Waals surface area (Å²) in [5.74, 6) is -0.832. The van der Waals surface area contributed by atoms with E-state index in [-0.39, 0.29) is 11.8 Å². The van der Waals surface area contributed by atoms with Crippen LogP contribution in [0.1, 0.15) is 37.8 Å². The lowest BCUT2D eigenvalue weighted by Gasteiger charge is -2.24. The molecule has 1 atom stereocenters. The SMILES string of the molecule is Cc1ccc(C2(C(=O)NC(C(=O)NO)C(C)C)CC2)cc1. The van der Waals surface area contributed by atoms with E-state index >= 15 is 0 Å². The van der Waals surface area contributed by atoms with Crippen molar-refractivity contribution in [1.82, 2.24) is 10.8 Å². The van der Waals surface area contributed by atoms with Crippen LogP contribution in [0, 0.1) is 12.8 Å². The lowest BCUT2D eigenvalue weighted by Crippen LogP contribution is -2.51. The molecule has 114 valence electrons. The second kappa shape index (κ2) is 5.85. The Bertz CT molecular complexity index is 533. The average molecular weight is 290 g/mol. The van der Waals surface area contributed by atoms with Crippen molar-refractivity contribution in [3.63, 3.8) is 0 Å². The number of nitrogens with one attached hydrogen (secondary N) is 2. The van der Waals surface area contributed by atoms with Gasteiger partial charge in [0.2, 0.25) is 5.91 Å². The van der Waals surface area contributed by atoms with Gasteiger partial charge in [-0.05, 0) is 31.2 Å². The number of carbonyl (C=O) groups excluding carboxylic acids is 2. The molecule has 2 amide bonds. The third-order valence-electron chi connectivity index (χ3n) is 4.13. The summed E-state index contributed by atoms with van der Waals surface area (Å²) in [5, 5.41) is 11.6. The van der Waals surface area contributed by atoms with Crippen molar-refractivity contribution < 1.29 is 14.8 Å². The number of hydrogen-bond acceptors (Lipinski definition) is 3. The number of hydroxylamine groups is 1. The van der Waals surface area contributed by atoms with Gasteiger partial charge < -0.3 is 5.32 Å². The summed E-state index contributed by atoms with van der Waals surface area (Å²) >= 11 is 0. The quantitative estimate of drug-likeness (QED) is 0.570. The van der Waals surface area contributed by atoms with Crippen LogP contribution in [0.4, 0.5) is 0 Å². The maximum Gasteiger partial charge on any atom is 0.266 e.